The zero-order chi connectivity index (χ0) is 7.56. The summed E-state index contributed by atoms with van der Waals surface area (Å²) in [6.45, 7) is 8.75. The minimum atomic E-state index is 0. The van der Waals surface area contributed by atoms with Crippen LogP contribution >= 0.6 is 11.6 Å². The molecule has 0 aromatic carbocycles. The Labute approximate surface area is 90.2 Å². The van der Waals surface area contributed by atoms with Crippen molar-refractivity contribution in [3.63, 3.8) is 0 Å². The Kier molecular flexibility index (Phi) is 5.64. The van der Waals surface area contributed by atoms with E-state index in [1.54, 1.807) is 0 Å². The van der Waals surface area contributed by atoms with Crippen LogP contribution in [0.25, 0.3) is 0 Å². The van der Waals surface area contributed by atoms with Crippen molar-refractivity contribution in [2.45, 2.75) is 13.8 Å². The Balaban J connectivity index is 0.000001000. The average Bonchev–Trinajstić information content (AvgIpc) is 2.30. The molecule has 0 saturated heterocycles. The van der Waals surface area contributed by atoms with Crippen molar-refractivity contribution in [1.82, 2.24) is 0 Å². The Hall–Kier alpha value is 0.650. The zero-order valence-electron chi connectivity index (χ0n) is 7.03. The Morgan fingerprint density at radius 3 is 2.45 bits per heavy atom. The molecule has 1 aliphatic heterocycles. The number of quaternary nitrogens is 1. The number of halogens is 2. The molecule has 0 aliphatic carbocycles. The van der Waals surface area contributed by atoms with E-state index in [4.69, 9.17) is 11.6 Å². The van der Waals surface area contributed by atoms with Crippen LogP contribution in [0, 0.1) is 0 Å². The summed E-state index contributed by atoms with van der Waals surface area (Å²) >= 11 is 6.05. The lowest BCUT2D eigenvalue weighted by Gasteiger charge is -1.99. The van der Waals surface area contributed by atoms with E-state index in [2.05, 4.69) is 18.4 Å². The van der Waals surface area contributed by atoms with Crippen molar-refractivity contribution in [1.29, 1.82) is 0 Å². The van der Waals surface area contributed by atoms with Crippen LogP contribution in [0.1, 0.15) is 13.8 Å². The summed E-state index contributed by atoms with van der Waals surface area (Å²) in [4.78, 5) is 1.42. The van der Waals surface area contributed by atoms with E-state index in [0.717, 1.165) is 24.9 Å². The first kappa shape index (κ1) is 11.6. The summed E-state index contributed by atoms with van der Waals surface area (Å²) in [6.07, 6.45) is 0. The van der Waals surface area contributed by atoms with Crippen LogP contribution in [-0.4, -0.2) is 36.0 Å². The van der Waals surface area contributed by atoms with Gasteiger partial charge in [-0.25, -0.2) is 4.90 Å². The third-order valence-electron chi connectivity index (χ3n) is 2.06. The average molecular weight is 290 g/mol. The predicted molar refractivity (Wildman–Crippen MR) is 42.9 cm³/mol. The molecular formula is C7H15ClIN2+. The minimum absolute atomic E-state index is 0. The van der Waals surface area contributed by atoms with E-state index in [0.29, 0.717) is 0 Å². The molecule has 1 aliphatic rings. The fourth-order valence-electron chi connectivity index (χ4n) is 1.31. The molecule has 0 radical (unpaired) electrons. The number of amidine groups is 1. The van der Waals surface area contributed by atoms with E-state index in [1.807, 2.05) is 0 Å². The lowest BCUT2D eigenvalue weighted by Crippen LogP contribution is -3.12. The number of hydrogen-bond acceptors (Lipinski definition) is 0. The van der Waals surface area contributed by atoms with E-state index in [-0.39, 0.29) is 24.0 Å². The monoisotopic (exact) mass is 289 g/mol. The first-order valence-corrected chi connectivity index (χ1v) is 4.29. The molecule has 1 rings (SSSR count). The molecule has 11 heavy (non-hydrogen) atoms. The smallest absolute Gasteiger partial charge is 0.437 e. The maximum Gasteiger partial charge on any atom is 0.437 e. The molecule has 1 N–H and O–H groups in total. The van der Waals surface area contributed by atoms with E-state index in [9.17, 15) is 0 Å². The predicted octanol–water partition coefficient (Wildman–Crippen LogP) is -3.46. The summed E-state index contributed by atoms with van der Waals surface area (Å²) in [5, 5.41) is 1.00. The molecule has 0 spiro atoms. The molecule has 4 heteroatoms. The van der Waals surface area contributed by atoms with Gasteiger partial charge in [-0.2, -0.15) is 4.58 Å². The van der Waals surface area contributed by atoms with Crippen molar-refractivity contribution in [3.05, 3.63) is 0 Å². The van der Waals surface area contributed by atoms with Crippen LogP contribution in [0.2, 0.25) is 0 Å². The van der Waals surface area contributed by atoms with Gasteiger partial charge in [0.05, 0.1) is 18.1 Å². The van der Waals surface area contributed by atoms with Gasteiger partial charge in [0, 0.05) is 0 Å². The molecule has 0 aromatic heterocycles. The zero-order valence-corrected chi connectivity index (χ0v) is 9.94. The van der Waals surface area contributed by atoms with E-state index in [1.165, 1.54) is 11.4 Å². The second-order valence-electron chi connectivity index (χ2n) is 2.58. The summed E-state index contributed by atoms with van der Waals surface area (Å²) < 4.78 is 2.22. The molecule has 1 heterocycles. The van der Waals surface area contributed by atoms with Crippen LogP contribution in [-0.2, 0) is 0 Å². The molecule has 0 bridgehead atoms. The van der Waals surface area contributed by atoms with E-state index < -0.39 is 0 Å². The van der Waals surface area contributed by atoms with Crippen LogP contribution in [0.5, 0.6) is 0 Å². The van der Waals surface area contributed by atoms with Gasteiger partial charge in [0.15, 0.2) is 6.54 Å². The molecule has 0 saturated carbocycles. The van der Waals surface area contributed by atoms with Crippen molar-refractivity contribution in [2.75, 3.05) is 26.2 Å². The SMILES string of the molecule is CC[N+]1=C(Cl)[NH+](CC)CC1.[I-]. The highest BCUT2D eigenvalue weighted by molar-refractivity contribution is 6.60. The van der Waals surface area contributed by atoms with Gasteiger partial charge in [-0.05, 0) is 13.8 Å². The van der Waals surface area contributed by atoms with E-state index >= 15 is 0 Å². The third kappa shape index (κ3) is 2.56. The van der Waals surface area contributed by atoms with Crippen LogP contribution < -0.4 is 28.9 Å². The summed E-state index contributed by atoms with van der Waals surface area (Å²) in [7, 11) is 0. The molecule has 2 nitrogen and oxygen atoms in total. The van der Waals surface area contributed by atoms with Crippen LogP contribution in [0.4, 0.5) is 0 Å². The standard InChI is InChI=1S/C7H14ClN2.HI/c1-3-9-5-6-10(4-2)7(9)8;/h3-6H2,1-2H3;1H/q+1;. The second kappa shape index (κ2) is 5.32. The fraction of sp³-hybridized carbons (Fsp3) is 0.857. The number of nitrogens with zero attached hydrogens (tertiary/aromatic N) is 1. The third-order valence-corrected chi connectivity index (χ3v) is 2.57. The largest absolute Gasteiger partial charge is 1.00 e. The minimum Gasteiger partial charge on any atom is -1.00 e. The Morgan fingerprint density at radius 2 is 2.18 bits per heavy atom. The molecule has 0 aromatic rings. The highest BCUT2D eigenvalue weighted by Gasteiger charge is 2.30. The van der Waals surface area contributed by atoms with Crippen LogP contribution in [0.15, 0.2) is 0 Å². The molecule has 0 fully saturated rings. The normalized spacial score (nSPS) is 23.7. The summed E-state index contributed by atoms with van der Waals surface area (Å²) in [5.74, 6) is 0. The first-order valence-electron chi connectivity index (χ1n) is 3.92. The lowest BCUT2D eigenvalue weighted by molar-refractivity contribution is -0.795. The molecule has 0 amide bonds. The highest BCUT2D eigenvalue weighted by Crippen LogP contribution is 1.85. The van der Waals surface area contributed by atoms with Crippen molar-refractivity contribution >= 4 is 16.9 Å². The molecule has 1 unspecified atom stereocenters. The highest BCUT2D eigenvalue weighted by atomic mass is 127. The summed E-state index contributed by atoms with van der Waals surface area (Å²) in [6, 6.07) is 0. The quantitative estimate of drug-likeness (QED) is 0.307. The van der Waals surface area contributed by atoms with Gasteiger partial charge in [-0.1, -0.05) is 0 Å². The van der Waals surface area contributed by atoms with Crippen LogP contribution in [0.3, 0.4) is 0 Å². The Bertz CT molecular complexity index is 159. The molecule has 66 valence electrons. The van der Waals surface area contributed by atoms with Crippen molar-refractivity contribution in [2.24, 2.45) is 0 Å². The number of nitrogens with one attached hydrogen (secondary N) is 1. The van der Waals surface area contributed by atoms with Gasteiger partial charge in [-0.15, -0.1) is 0 Å². The Morgan fingerprint density at radius 1 is 1.55 bits per heavy atom. The van der Waals surface area contributed by atoms with Gasteiger partial charge in [0.25, 0.3) is 0 Å². The lowest BCUT2D eigenvalue weighted by atomic mass is 10.5. The van der Waals surface area contributed by atoms with Crippen molar-refractivity contribution in [3.8, 4) is 0 Å². The van der Waals surface area contributed by atoms with Crippen molar-refractivity contribution < 1.29 is 33.5 Å². The maximum atomic E-state index is 6.05. The van der Waals surface area contributed by atoms with Gasteiger partial charge in [0.1, 0.15) is 13.1 Å². The molecule has 1 atom stereocenters. The van der Waals surface area contributed by atoms with Gasteiger partial charge >= 0.3 is 5.29 Å². The maximum absolute atomic E-state index is 6.05. The second-order valence-corrected chi connectivity index (χ2v) is 2.94. The van der Waals surface area contributed by atoms with Gasteiger partial charge in [-0.3, -0.25) is 0 Å². The number of hydrogen-bond donors (Lipinski definition) is 1. The van der Waals surface area contributed by atoms with Gasteiger partial charge in [0.2, 0.25) is 0 Å². The van der Waals surface area contributed by atoms with Gasteiger partial charge < -0.3 is 24.0 Å². The molecular weight excluding hydrogens is 274 g/mol. The number of rotatable bonds is 2. The number of likely N-dealkylation sites (N-methyl/N-ethyl adjacent to an activating group) is 2. The fourth-order valence-corrected chi connectivity index (χ4v) is 1.75. The first-order chi connectivity index (χ1) is 4.79. The topological polar surface area (TPSA) is 7.45 Å². The summed E-state index contributed by atoms with van der Waals surface area (Å²) in [5.41, 5.74) is 0.